The minimum atomic E-state index is 0.778. The molecule has 0 amide bonds. The highest BCUT2D eigenvalue weighted by Crippen LogP contribution is 2.32. The zero-order chi connectivity index (χ0) is 12.8. The van der Waals surface area contributed by atoms with Gasteiger partial charge in [0.05, 0.1) is 0 Å². The molecule has 100 valence electrons. The van der Waals surface area contributed by atoms with Crippen LogP contribution in [0.15, 0.2) is 24.3 Å². The summed E-state index contributed by atoms with van der Waals surface area (Å²) in [4.78, 5) is 0. The van der Waals surface area contributed by atoms with E-state index in [1.54, 1.807) is 0 Å². The number of hydrogen-bond donors (Lipinski definition) is 1. The second-order valence-electron chi connectivity index (χ2n) is 5.39. The van der Waals surface area contributed by atoms with Gasteiger partial charge in [-0.3, -0.25) is 0 Å². The average molecular weight is 263 g/mol. The van der Waals surface area contributed by atoms with Crippen molar-refractivity contribution in [3.63, 3.8) is 0 Å². The van der Waals surface area contributed by atoms with Crippen molar-refractivity contribution >= 4 is 11.8 Å². The molecule has 2 heteroatoms. The maximum atomic E-state index is 3.66. The van der Waals surface area contributed by atoms with Crippen LogP contribution in [0, 0.1) is 6.92 Å². The average Bonchev–Trinajstić information content (AvgIpc) is 2.82. The number of nitrogens with one attached hydrogen (secondary N) is 1. The van der Waals surface area contributed by atoms with Crippen molar-refractivity contribution < 1.29 is 0 Å². The van der Waals surface area contributed by atoms with Crippen LogP contribution >= 0.6 is 11.8 Å². The van der Waals surface area contributed by atoms with Crippen molar-refractivity contribution in [3.8, 4) is 0 Å². The van der Waals surface area contributed by atoms with Crippen molar-refractivity contribution in [2.45, 2.75) is 56.6 Å². The van der Waals surface area contributed by atoms with Crippen molar-refractivity contribution in [1.29, 1.82) is 0 Å². The molecule has 1 aliphatic rings. The van der Waals surface area contributed by atoms with Crippen LogP contribution in [-0.2, 0) is 5.75 Å². The Balaban J connectivity index is 1.72. The highest BCUT2D eigenvalue weighted by atomic mass is 32.2. The number of thioether (sulfide) groups is 1. The van der Waals surface area contributed by atoms with Crippen molar-refractivity contribution in [2.24, 2.45) is 0 Å². The third-order valence-electron chi connectivity index (χ3n) is 3.64. The van der Waals surface area contributed by atoms with Crippen LogP contribution in [0.3, 0.4) is 0 Å². The smallest absolute Gasteiger partial charge is 0.0187 e. The molecule has 0 aromatic heterocycles. The van der Waals surface area contributed by atoms with Crippen LogP contribution in [-0.4, -0.2) is 17.8 Å². The summed E-state index contributed by atoms with van der Waals surface area (Å²) in [6, 6.07) is 9.69. The summed E-state index contributed by atoms with van der Waals surface area (Å²) in [6.45, 7) is 5.60. The Kier molecular flexibility index (Phi) is 5.58. The van der Waals surface area contributed by atoms with E-state index in [0.717, 1.165) is 11.3 Å². The molecule has 1 saturated carbocycles. The molecule has 0 bridgehead atoms. The van der Waals surface area contributed by atoms with Crippen LogP contribution in [0.4, 0.5) is 0 Å². The van der Waals surface area contributed by atoms with Gasteiger partial charge in [-0.25, -0.2) is 0 Å². The van der Waals surface area contributed by atoms with Gasteiger partial charge < -0.3 is 5.32 Å². The number of hydrogen-bond acceptors (Lipinski definition) is 2. The lowest BCUT2D eigenvalue weighted by Gasteiger charge is -2.12. The quantitative estimate of drug-likeness (QED) is 0.827. The second kappa shape index (κ2) is 7.20. The normalized spacial score (nSPS) is 23.4. The Bertz CT molecular complexity index is 364. The van der Waals surface area contributed by atoms with E-state index in [2.05, 4.69) is 55.2 Å². The van der Waals surface area contributed by atoms with Crippen LogP contribution in [0.25, 0.3) is 0 Å². The Morgan fingerprint density at radius 2 is 2.22 bits per heavy atom. The fourth-order valence-corrected chi connectivity index (χ4v) is 3.92. The van der Waals surface area contributed by atoms with Gasteiger partial charge in [0.25, 0.3) is 0 Å². The second-order valence-corrected chi connectivity index (χ2v) is 6.67. The van der Waals surface area contributed by atoms with Crippen molar-refractivity contribution in [3.05, 3.63) is 35.4 Å². The van der Waals surface area contributed by atoms with Crippen LogP contribution in [0.5, 0.6) is 0 Å². The predicted molar refractivity (Wildman–Crippen MR) is 82.2 cm³/mol. The maximum absolute atomic E-state index is 3.66. The van der Waals surface area contributed by atoms with Gasteiger partial charge in [0.15, 0.2) is 0 Å². The molecule has 0 aliphatic heterocycles. The molecule has 1 aliphatic carbocycles. The molecular weight excluding hydrogens is 238 g/mol. The lowest BCUT2D eigenvalue weighted by Crippen LogP contribution is -2.27. The summed E-state index contributed by atoms with van der Waals surface area (Å²) < 4.78 is 0. The third kappa shape index (κ3) is 4.33. The Hall–Kier alpha value is -0.470. The molecule has 1 aromatic carbocycles. The maximum Gasteiger partial charge on any atom is 0.0187 e. The zero-order valence-corrected chi connectivity index (χ0v) is 12.4. The molecule has 1 aromatic rings. The monoisotopic (exact) mass is 263 g/mol. The first kappa shape index (κ1) is 14.0. The fourth-order valence-electron chi connectivity index (χ4n) is 2.64. The van der Waals surface area contributed by atoms with Gasteiger partial charge in [0.1, 0.15) is 0 Å². The van der Waals surface area contributed by atoms with Crippen LogP contribution < -0.4 is 5.32 Å². The van der Waals surface area contributed by atoms with Gasteiger partial charge in [0, 0.05) is 17.0 Å². The van der Waals surface area contributed by atoms with E-state index in [-0.39, 0.29) is 0 Å². The molecule has 0 saturated heterocycles. The third-order valence-corrected chi connectivity index (χ3v) is 5.04. The van der Waals surface area contributed by atoms with Crippen LogP contribution in [0.1, 0.15) is 43.7 Å². The first-order chi connectivity index (χ1) is 8.78. The molecule has 1 N–H and O–H groups in total. The number of rotatable bonds is 6. The molecule has 2 rings (SSSR count). The molecule has 0 spiro atoms. The largest absolute Gasteiger partial charge is 0.314 e. The lowest BCUT2D eigenvalue weighted by atomic mass is 10.2. The summed E-state index contributed by atoms with van der Waals surface area (Å²) in [6.07, 6.45) is 5.36. The van der Waals surface area contributed by atoms with Crippen LogP contribution in [0.2, 0.25) is 0 Å². The van der Waals surface area contributed by atoms with Gasteiger partial charge >= 0.3 is 0 Å². The number of benzene rings is 1. The Morgan fingerprint density at radius 3 is 3.00 bits per heavy atom. The zero-order valence-electron chi connectivity index (χ0n) is 11.6. The molecule has 1 fully saturated rings. The van der Waals surface area contributed by atoms with E-state index in [4.69, 9.17) is 0 Å². The van der Waals surface area contributed by atoms with E-state index in [9.17, 15) is 0 Å². The topological polar surface area (TPSA) is 12.0 Å². The first-order valence-electron chi connectivity index (χ1n) is 7.18. The van der Waals surface area contributed by atoms with E-state index in [1.807, 2.05) is 0 Å². The molecule has 0 heterocycles. The SMILES string of the molecule is CCCNC1CCC(SCc2cccc(C)c2)C1. The van der Waals surface area contributed by atoms with Gasteiger partial charge in [0.2, 0.25) is 0 Å². The van der Waals surface area contributed by atoms with E-state index >= 15 is 0 Å². The Morgan fingerprint density at radius 1 is 1.33 bits per heavy atom. The summed E-state index contributed by atoms with van der Waals surface area (Å²) in [5.74, 6) is 1.17. The predicted octanol–water partition coefficient (Wildman–Crippen LogP) is 4.15. The van der Waals surface area contributed by atoms with E-state index < -0.39 is 0 Å². The van der Waals surface area contributed by atoms with Gasteiger partial charge in [-0.05, 0) is 44.7 Å². The highest BCUT2D eigenvalue weighted by molar-refractivity contribution is 7.99. The summed E-state index contributed by atoms with van der Waals surface area (Å²) in [7, 11) is 0. The number of aryl methyl sites for hydroxylation is 1. The first-order valence-corrected chi connectivity index (χ1v) is 8.23. The van der Waals surface area contributed by atoms with Gasteiger partial charge in [-0.1, -0.05) is 36.8 Å². The minimum Gasteiger partial charge on any atom is -0.314 e. The molecule has 0 radical (unpaired) electrons. The fraction of sp³-hybridized carbons (Fsp3) is 0.625. The van der Waals surface area contributed by atoms with E-state index in [0.29, 0.717) is 0 Å². The highest BCUT2D eigenvalue weighted by Gasteiger charge is 2.24. The lowest BCUT2D eigenvalue weighted by molar-refractivity contribution is 0.524. The van der Waals surface area contributed by atoms with Gasteiger partial charge in [-0.15, -0.1) is 0 Å². The van der Waals surface area contributed by atoms with Crippen molar-refractivity contribution in [1.82, 2.24) is 5.32 Å². The van der Waals surface area contributed by atoms with Crippen molar-refractivity contribution in [2.75, 3.05) is 6.54 Å². The molecule has 1 nitrogen and oxygen atoms in total. The Labute approximate surface area is 116 Å². The molecule has 2 unspecified atom stereocenters. The standard InChI is InChI=1S/C16H25NS/c1-3-9-17-15-7-8-16(11-15)18-12-14-6-4-5-13(2)10-14/h4-6,10,15-17H,3,7-9,11-12H2,1-2H3. The van der Waals surface area contributed by atoms with Gasteiger partial charge in [-0.2, -0.15) is 11.8 Å². The summed E-state index contributed by atoms with van der Waals surface area (Å²) in [5.41, 5.74) is 2.85. The summed E-state index contributed by atoms with van der Waals surface area (Å²) >= 11 is 2.14. The van der Waals surface area contributed by atoms with E-state index in [1.165, 1.54) is 49.1 Å². The molecule has 2 atom stereocenters. The molecular formula is C16H25NS. The minimum absolute atomic E-state index is 0.778. The summed E-state index contributed by atoms with van der Waals surface area (Å²) in [5, 5.41) is 4.52. The molecule has 18 heavy (non-hydrogen) atoms.